The third kappa shape index (κ3) is 3.03. The second-order valence-corrected chi connectivity index (χ2v) is 7.16. The minimum Gasteiger partial charge on any atom is -0.340 e. The number of hydrogen-bond acceptors (Lipinski definition) is 5. The molecule has 1 saturated heterocycles. The molecule has 0 bridgehead atoms. The molecule has 6 nitrogen and oxygen atoms in total. The normalized spacial score (nSPS) is 15.3. The minimum absolute atomic E-state index is 0.0255. The molecular formula is C16H22N4O2S. The molecule has 1 fully saturated rings. The molecule has 1 aliphatic heterocycles. The lowest BCUT2D eigenvalue weighted by atomic mass is 10.2. The van der Waals surface area contributed by atoms with E-state index in [4.69, 9.17) is 0 Å². The van der Waals surface area contributed by atoms with E-state index >= 15 is 0 Å². The van der Waals surface area contributed by atoms with Crippen LogP contribution in [0, 0.1) is 20.8 Å². The first-order valence-corrected chi connectivity index (χ1v) is 8.76. The lowest BCUT2D eigenvalue weighted by Crippen LogP contribution is -2.46. The van der Waals surface area contributed by atoms with Crippen molar-refractivity contribution >= 4 is 27.5 Å². The van der Waals surface area contributed by atoms with Crippen molar-refractivity contribution in [2.24, 2.45) is 0 Å². The Hall–Kier alpha value is -1.73. The summed E-state index contributed by atoms with van der Waals surface area (Å²) in [6.07, 6.45) is 0.343. The van der Waals surface area contributed by atoms with Crippen molar-refractivity contribution in [3.05, 3.63) is 26.6 Å². The van der Waals surface area contributed by atoms with Crippen LogP contribution in [0.4, 0.5) is 0 Å². The summed E-state index contributed by atoms with van der Waals surface area (Å²) in [5.41, 5.74) is 0.979. The molecule has 0 aromatic carbocycles. The smallest absolute Gasteiger partial charge is 0.262 e. The fraction of sp³-hybridized carbons (Fsp3) is 0.562. The number of amides is 1. The Morgan fingerprint density at radius 2 is 1.96 bits per heavy atom. The highest BCUT2D eigenvalue weighted by atomic mass is 32.1. The van der Waals surface area contributed by atoms with Crippen LogP contribution in [0.25, 0.3) is 10.2 Å². The zero-order chi connectivity index (χ0) is 16.6. The van der Waals surface area contributed by atoms with E-state index in [0.717, 1.165) is 41.5 Å². The number of aromatic nitrogens is 2. The minimum atomic E-state index is -0.0255. The lowest BCUT2D eigenvalue weighted by molar-refractivity contribution is -0.132. The van der Waals surface area contributed by atoms with Gasteiger partial charge in [-0.1, -0.05) is 0 Å². The molecule has 1 amide bonds. The predicted molar refractivity (Wildman–Crippen MR) is 92.2 cm³/mol. The van der Waals surface area contributed by atoms with Crippen molar-refractivity contribution in [3.8, 4) is 0 Å². The van der Waals surface area contributed by atoms with E-state index in [-0.39, 0.29) is 11.5 Å². The quantitative estimate of drug-likeness (QED) is 0.916. The van der Waals surface area contributed by atoms with Crippen LogP contribution < -0.4 is 10.9 Å². The van der Waals surface area contributed by atoms with E-state index in [9.17, 15) is 9.59 Å². The summed E-state index contributed by atoms with van der Waals surface area (Å²) < 4.78 is 1.64. The molecule has 0 spiro atoms. The van der Waals surface area contributed by atoms with E-state index in [1.165, 1.54) is 0 Å². The summed E-state index contributed by atoms with van der Waals surface area (Å²) in [6.45, 7) is 9.36. The molecule has 1 aliphatic rings. The number of fused-ring (bicyclic) bond motifs is 1. The summed E-state index contributed by atoms with van der Waals surface area (Å²) in [5, 5.41) is 3.93. The third-order valence-corrected chi connectivity index (χ3v) is 5.60. The van der Waals surface area contributed by atoms with Crippen molar-refractivity contribution in [3.63, 3.8) is 0 Å². The van der Waals surface area contributed by atoms with Gasteiger partial charge in [0.15, 0.2) is 0 Å². The molecule has 0 saturated carbocycles. The molecule has 0 atom stereocenters. The van der Waals surface area contributed by atoms with Crippen molar-refractivity contribution in [1.82, 2.24) is 19.8 Å². The number of rotatable bonds is 3. The molecule has 124 valence electrons. The molecule has 7 heteroatoms. The molecule has 3 heterocycles. The first-order chi connectivity index (χ1) is 11.0. The van der Waals surface area contributed by atoms with Gasteiger partial charge < -0.3 is 10.2 Å². The maximum atomic E-state index is 12.8. The number of carbonyl (C=O) groups is 1. The monoisotopic (exact) mass is 334 g/mol. The van der Waals surface area contributed by atoms with Crippen LogP contribution in [-0.4, -0.2) is 46.5 Å². The zero-order valence-electron chi connectivity index (χ0n) is 13.8. The summed E-state index contributed by atoms with van der Waals surface area (Å²) in [7, 11) is 0. The van der Waals surface area contributed by atoms with Gasteiger partial charge in [-0.05, 0) is 26.3 Å². The molecule has 0 unspecified atom stereocenters. The Kier molecular flexibility index (Phi) is 4.50. The first-order valence-electron chi connectivity index (χ1n) is 7.94. The number of hydrogen-bond donors (Lipinski definition) is 1. The first kappa shape index (κ1) is 16.1. The van der Waals surface area contributed by atoms with Gasteiger partial charge in [-0.25, -0.2) is 4.98 Å². The summed E-state index contributed by atoms with van der Waals surface area (Å²) in [5.74, 6) is 0.785. The van der Waals surface area contributed by atoms with Gasteiger partial charge >= 0.3 is 0 Å². The van der Waals surface area contributed by atoms with E-state index in [0.29, 0.717) is 24.2 Å². The van der Waals surface area contributed by atoms with Crippen LogP contribution in [0.15, 0.2) is 4.79 Å². The van der Waals surface area contributed by atoms with Crippen molar-refractivity contribution in [2.45, 2.75) is 33.7 Å². The predicted octanol–water partition coefficient (Wildman–Crippen LogP) is 1.21. The van der Waals surface area contributed by atoms with Gasteiger partial charge in [0.05, 0.1) is 5.39 Å². The zero-order valence-corrected chi connectivity index (χ0v) is 14.6. The maximum absolute atomic E-state index is 12.8. The second kappa shape index (κ2) is 6.41. The van der Waals surface area contributed by atoms with Gasteiger partial charge in [0.25, 0.3) is 5.56 Å². The number of piperazine rings is 1. The van der Waals surface area contributed by atoms with E-state index in [1.807, 2.05) is 25.7 Å². The Labute approximate surface area is 139 Å². The number of thiophene rings is 1. The molecule has 1 N–H and O–H groups in total. The second-order valence-electron chi connectivity index (χ2n) is 5.96. The fourth-order valence-electron chi connectivity index (χ4n) is 2.97. The molecular weight excluding hydrogens is 312 g/mol. The fourth-order valence-corrected chi connectivity index (χ4v) is 4.04. The highest BCUT2D eigenvalue weighted by molar-refractivity contribution is 7.18. The summed E-state index contributed by atoms with van der Waals surface area (Å²) in [4.78, 5) is 33.4. The Bertz CT molecular complexity index is 802. The van der Waals surface area contributed by atoms with Gasteiger partial charge in [-0.15, -0.1) is 11.3 Å². The lowest BCUT2D eigenvalue weighted by Gasteiger charge is -2.27. The Balaban J connectivity index is 1.84. The van der Waals surface area contributed by atoms with Crippen LogP contribution in [0.5, 0.6) is 0 Å². The molecule has 2 aromatic heterocycles. The third-order valence-electron chi connectivity index (χ3n) is 4.50. The molecule has 0 aliphatic carbocycles. The number of nitrogens with zero attached hydrogens (tertiary/aromatic N) is 3. The Morgan fingerprint density at radius 3 is 2.65 bits per heavy atom. The van der Waals surface area contributed by atoms with Gasteiger partial charge in [0.2, 0.25) is 5.91 Å². The van der Waals surface area contributed by atoms with Crippen molar-refractivity contribution in [1.29, 1.82) is 0 Å². The standard InChI is InChI=1S/C16H22N4O2S/c1-10-11(2)23-15-14(10)16(22)20(12(3)18-15)7-4-13(21)19-8-5-17-6-9-19/h17H,4-9H2,1-3H3. The number of carbonyl (C=O) groups excluding carboxylic acids is 1. The van der Waals surface area contributed by atoms with Crippen molar-refractivity contribution in [2.75, 3.05) is 26.2 Å². The highest BCUT2D eigenvalue weighted by Crippen LogP contribution is 2.26. The van der Waals surface area contributed by atoms with Crippen LogP contribution >= 0.6 is 11.3 Å². The van der Waals surface area contributed by atoms with Gasteiger partial charge in [-0.2, -0.15) is 0 Å². The van der Waals surface area contributed by atoms with E-state index < -0.39 is 0 Å². The molecule has 23 heavy (non-hydrogen) atoms. The number of aryl methyl sites for hydroxylation is 3. The Morgan fingerprint density at radius 1 is 1.26 bits per heavy atom. The largest absolute Gasteiger partial charge is 0.340 e. The molecule has 0 radical (unpaired) electrons. The van der Waals surface area contributed by atoms with Gasteiger partial charge in [0.1, 0.15) is 10.7 Å². The summed E-state index contributed by atoms with van der Waals surface area (Å²) >= 11 is 1.56. The average Bonchev–Trinajstić information content (AvgIpc) is 2.82. The average molecular weight is 334 g/mol. The van der Waals surface area contributed by atoms with Crippen LogP contribution in [0.1, 0.15) is 22.7 Å². The van der Waals surface area contributed by atoms with Crippen molar-refractivity contribution < 1.29 is 4.79 Å². The van der Waals surface area contributed by atoms with Crippen LogP contribution in [-0.2, 0) is 11.3 Å². The van der Waals surface area contributed by atoms with E-state index in [1.54, 1.807) is 15.9 Å². The topological polar surface area (TPSA) is 67.2 Å². The highest BCUT2D eigenvalue weighted by Gasteiger charge is 2.18. The van der Waals surface area contributed by atoms with E-state index in [2.05, 4.69) is 10.3 Å². The SMILES string of the molecule is Cc1sc2nc(C)n(CCC(=O)N3CCNCC3)c(=O)c2c1C. The van der Waals surface area contributed by atoms with Crippen LogP contribution in [0.2, 0.25) is 0 Å². The van der Waals surface area contributed by atoms with Gasteiger partial charge in [-0.3, -0.25) is 14.2 Å². The molecule has 3 rings (SSSR count). The molecule has 2 aromatic rings. The maximum Gasteiger partial charge on any atom is 0.262 e. The van der Waals surface area contributed by atoms with Gasteiger partial charge in [0, 0.05) is 44.0 Å². The summed E-state index contributed by atoms with van der Waals surface area (Å²) in [6, 6.07) is 0. The number of nitrogens with one attached hydrogen (secondary N) is 1. The van der Waals surface area contributed by atoms with Crippen LogP contribution in [0.3, 0.4) is 0 Å².